The van der Waals surface area contributed by atoms with Gasteiger partial charge in [0, 0.05) is 12.8 Å². The molecule has 0 spiro atoms. The van der Waals surface area contributed by atoms with Crippen molar-refractivity contribution < 1.29 is 4.79 Å². The minimum absolute atomic E-state index is 0.393. The number of rotatable bonds is 6. The van der Waals surface area contributed by atoms with Crippen LogP contribution in [0.15, 0.2) is 11.6 Å². The summed E-state index contributed by atoms with van der Waals surface area (Å²) in [6.07, 6.45) is 5.93. The Morgan fingerprint density at radius 2 is 2.00 bits per heavy atom. The van der Waals surface area contributed by atoms with Crippen molar-refractivity contribution >= 4 is 5.78 Å². The first-order valence-electron chi connectivity index (χ1n) is 5.21. The van der Waals surface area contributed by atoms with Gasteiger partial charge in [0.1, 0.15) is 5.78 Å². The first-order chi connectivity index (χ1) is 6.06. The zero-order valence-electron chi connectivity index (χ0n) is 9.39. The molecule has 76 valence electrons. The van der Waals surface area contributed by atoms with E-state index in [4.69, 9.17) is 0 Å². The molecule has 1 nitrogen and oxygen atoms in total. The predicted molar refractivity (Wildman–Crippen MR) is 57.7 cm³/mol. The van der Waals surface area contributed by atoms with Gasteiger partial charge < -0.3 is 0 Å². The third-order valence-corrected chi connectivity index (χ3v) is 2.18. The fraction of sp³-hybridized carbons (Fsp3) is 0.750. The van der Waals surface area contributed by atoms with Gasteiger partial charge in [-0.3, -0.25) is 4.79 Å². The highest BCUT2D eigenvalue weighted by molar-refractivity contribution is 5.78. The lowest BCUT2D eigenvalue weighted by Crippen LogP contribution is -2.03. The first kappa shape index (κ1) is 12.4. The molecule has 1 heteroatoms. The summed E-state index contributed by atoms with van der Waals surface area (Å²) in [7, 11) is 0. The van der Waals surface area contributed by atoms with E-state index in [9.17, 15) is 4.79 Å². The minimum Gasteiger partial charge on any atom is -0.300 e. The minimum atomic E-state index is 0.393. The van der Waals surface area contributed by atoms with Crippen molar-refractivity contribution in [3.8, 4) is 0 Å². The number of ketones is 1. The van der Waals surface area contributed by atoms with Crippen LogP contribution in [-0.4, -0.2) is 5.78 Å². The Morgan fingerprint density at radius 1 is 1.38 bits per heavy atom. The average molecular weight is 182 g/mol. The van der Waals surface area contributed by atoms with E-state index < -0.39 is 0 Å². The van der Waals surface area contributed by atoms with Gasteiger partial charge in [0.2, 0.25) is 0 Å². The van der Waals surface area contributed by atoms with Gasteiger partial charge in [-0.15, -0.1) is 0 Å². The Hall–Kier alpha value is -0.590. The smallest absolute Gasteiger partial charge is 0.132 e. The molecule has 0 bridgehead atoms. The van der Waals surface area contributed by atoms with E-state index in [1.54, 1.807) is 0 Å². The summed E-state index contributed by atoms with van der Waals surface area (Å²) in [5, 5.41) is 0. The van der Waals surface area contributed by atoms with Crippen LogP contribution >= 0.6 is 0 Å². The maximum absolute atomic E-state index is 11.1. The van der Waals surface area contributed by atoms with Crippen LogP contribution in [0.25, 0.3) is 0 Å². The Balaban J connectivity index is 3.57. The zero-order valence-corrected chi connectivity index (χ0v) is 9.39. The number of hydrogen-bond acceptors (Lipinski definition) is 1. The summed E-state index contributed by atoms with van der Waals surface area (Å²) in [6, 6.07) is 0. The number of carbonyl (C=O) groups is 1. The van der Waals surface area contributed by atoms with E-state index >= 15 is 0 Å². The molecule has 0 aromatic heterocycles. The lowest BCUT2D eigenvalue weighted by Gasteiger charge is -2.07. The summed E-state index contributed by atoms with van der Waals surface area (Å²) >= 11 is 0. The Kier molecular flexibility index (Phi) is 6.56. The molecule has 0 aliphatic rings. The van der Waals surface area contributed by atoms with Gasteiger partial charge in [0.25, 0.3) is 0 Å². The first-order valence-corrected chi connectivity index (χ1v) is 5.21. The van der Waals surface area contributed by atoms with Crippen LogP contribution in [0.2, 0.25) is 0 Å². The fourth-order valence-electron chi connectivity index (χ4n) is 1.29. The molecular formula is C12H22O. The van der Waals surface area contributed by atoms with Gasteiger partial charge in [0.15, 0.2) is 0 Å². The third-order valence-electron chi connectivity index (χ3n) is 2.18. The van der Waals surface area contributed by atoms with Crippen molar-refractivity contribution in [1.29, 1.82) is 0 Å². The van der Waals surface area contributed by atoms with Gasteiger partial charge in [-0.25, -0.2) is 0 Å². The van der Waals surface area contributed by atoms with Gasteiger partial charge in [-0.1, -0.05) is 25.5 Å². The SMILES string of the molecule is CCC(=O)CC(C)CCC=C(C)C. The number of allylic oxidation sites excluding steroid dienone is 2. The predicted octanol–water partition coefficient (Wildman–Crippen LogP) is 3.74. The lowest BCUT2D eigenvalue weighted by atomic mass is 9.98. The summed E-state index contributed by atoms with van der Waals surface area (Å²) in [5.74, 6) is 0.938. The Morgan fingerprint density at radius 3 is 2.46 bits per heavy atom. The molecule has 0 saturated carbocycles. The van der Waals surface area contributed by atoms with Gasteiger partial charge in [0.05, 0.1) is 0 Å². The van der Waals surface area contributed by atoms with E-state index in [0.717, 1.165) is 19.3 Å². The van der Waals surface area contributed by atoms with Crippen LogP contribution in [-0.2, 0) is 4.79 Å². The van der Waals surface area contributed by atoms with Crippen LogP contribution in [0.1, 0.15) is 53.4 Å². The highest BCUT2D eigenvalue weighted by Crippen LogP contribution is 2.12. The summed E-state index contributed by atoms with van der Waals surface area (Å²) in [6.45, 7) is 8.32. The second-order valence-corrected chi connectivity index (χ2v) is 4.06. The molecule has 0 fully saturated rings. The quantitative estimate of drug-likeness (QED) is 0.572. The van der Waals surface area contributed by atoms with E-state index in [-0.39, 0.29) is 0 Å². The molecule has 0 saturated heterocycles. The highest BCUT2D eigenvalue weighted by Gasteiger charge is 2.05. The number of hydrogen-bond donors (Lipinski definition) is 0. The second kappa shape index (κ2) is 6.88. The molecule has 0 amide bonds. The molecule has 13 heavy (non-hydrogen) atoms. The average Bonchev–Trinajstić information content (AvgIpc) is 2.03. The molecule has 1 unspecified atom stereocenters. The lowest BCUT2D eigenvalue weighted by molar-refractivity contribution is -0.119. The third kappa shape index (κ3) is 7.76. The van der Waals surface area contributed by atoms with E-state index in [2.05, 4.69) is 26.8 Å². The molecule has 0 aliphatic carbocycles. The van der Waals surface area contributed by atoms with Crippen LogP contribution in [0.4, 0.5) is 0 Å². The molecule has 0 rings (SSSR count). The Bertz CT molecular complexity index is 176. The van der Waals surface area contributed by atoms with E-state index in [1.165, 1.54) is 5.57 Å². The second-order valence-electron chi connectivity index (χ2n) is 4.06. The molecule has 0 N–H and O–H groups in total. The standard InChI is InChI=1S/C12H22O/c1-5-12(13)9-11(4)8-6-7-10(2)3/h7,11H,5-6,8-9H2,1-4H3. The molecule has 0 aromatic rings. The Labute approximate surface area is 82.2 Å². The van der Waals surface area contributed by atoms with Crippen LogP contribution in [0.3, 0.4) is 0 Å². The topological polar surface area (TPSA) is 17.1 Å². The molecule has 0 radical (unpaired) electrons. The van der Waals surface area contributed by atoms with Crippen molar-refractivity contribution in [2.24, 2.45) is 5.92 Å². The fourth-order valence-corrected chi connectivity index (χ4v) is 1.29. The van der Waals surface area contributed by atoms with Crippen molar-refractivity contribution in [2.75, 3.05) is 0 Å². The van der Waals surface area contributed by atoms with Crippen molar-refractivity contribution in [3.63, 3.8) is 0 Å². The monoisotopic (exact) mass is 182 g/mol. The van der Waals surface area contributed by atoms with Crippen molar-refractivity contribution in [2.45, 2.75) is 53.4 Å². The van der Waals surface area contributed by atoms with Crippen LogP contribution in [0, 0.1) is 5.92 Å². The normalized spacial score (nSPS) is 12.3. The van der Waals surface area contributed by atoms with Crippen molar-refractivity contribution in [1.82, 2.24) is 0 Å². The van der Waals surface area contributed by atoms with Crippen LogP contribution < -0.4 is 0 Å². The van der Waals surface area contributed by atoms with Crippen molar-refractivity contribution in [3.05, 3.63) is 11.6 Å². The zero-order chi connectivity index (χ0) is 10.3. The number of carbonyl (C=O) groups excluding carboxylic acids is 1. The summed E-state index contributed by atoms with van der Waals surface area (Å²) < 4.78 is 0. The largest absolute Gasteiger partial charge is 0.300 e. The number of Topliss-reactive ketones (excluding diaryl/α,β-unsaturated/α-hetero) is 1. The maximum atomic E-state index is 11.1. The highest BCUT2D eigenvalue weighted by atomic mass is 16.1. The molecule has 0 heterocycles. The maximum Gasteiger partial charge on any atom is 0.132 e. The van der Waals surface area contributed by atoms with Gasteiger partial charge in [-0.05, 0) is 32.6 Å². The molecule has 1 atom stereocenters. The summed E-state index contributed by atoms with van der Waals surface area (Å²) in [5.41, 5.74) is 1.37. The van der Waals surface area contributed by atoms with Crippen LogP contribution in [0.5, 0.6) is 0 Å². The van der Waals surface area contributed by atoms with Gasteiger partial charge >= 0.3 is 0 Å². The molecular weight excluding hydrogens is 160 g/mol. The van der Waals surface area contributed by atoms with Gasteiger partial charge in [-0.2, -0.15) is 0 Å². The van der Waals surface area contributed by atoms with E-state index in [0.29, 0.717) is 18.1 Å². The molecule has 0 aromatic carbocycles. The molecule has 0 aliphatic heterocycles. The summed E-state index contributed by atoms with van der Waals surface area (Å²) in [4.78, 5) is 11.1. The van der Waals surface area contributed by atoms with E-state index in [1.807, 2.05) is 6.92 Å².